The van der Waals surface area contributed by atoms with E-state index in [0.717, 1.165) is 71.5 Å². The van der Waals surface area contributed by atoms with Crippen LogP contribution in [0.2, 0.25) is 0 Å². The van der Waals surface area contributed by atoms with Gasteiger partial charge in [0.1, 0.15) is 34.5 Å². The molecule has 0 N–H and O–H groups in total. The number of aryl methyl sites for hydroxylation is 4. The molecular formula is C123H201O20P7. The fourth-order valence-corrected chi connectivity index (χ4v) is 26.8. The van der Waals surface area contributed by atoms with Gasteiger partial charge in [0, 0.05) is 47.2 Å². The highest BCUT2D eigenvalue weighted by Gasteiger charge is 2.50. The SMILES string of the molecule is CC(C)(C)c1ccc(OP2OCC3(CO2)COP(Oc2ccc(C(C)(C)C)cc2C(C)(C)C)OC3)c(C(C)(C)C)c1.CCCCCCCCCCCCCCCCCCOP1OCC2(COP(OC)OC2)CO1.Cc1cc(C(C)(C)C)cc(C(C)(C)C)c1OP(C)Oc1c(C)cc(C(C)(C)C)cc1C(C)(C)C.Cc1cc(CC(C)C)c(OP2OCC3(CO2)COP(Oc2c(C(C)(C)C)cc(C)cc2C(C)(C)C)OC3)c(CC(C)C)c1. The summed E-state index contributed by atoms with van der Waals surface area (Å²) < 4.78 is 122. The minimum absolute atomic E-state index is 0.0294. The van der Waals surface area contributed by atoms with Gasteiger partial charge in [0.2, 0.25) is 0 Å². The van der Waals surface area contributed by atoms with Crippen LogP contribution in [-0.4, -0.2) is 99.7 Å². The van der Waals surface area contributed by atoms with Gasteiger partial charge in [-0.2, -0.15) is 0 Å². The monoisotopic (exact) mass is 2220 g/mol. The van der Waals surface area contributed by atoms with Crippen LogP contribution in [-0.2, 0) is 130 Å². The number of hydrogen-bond donors (Lipinski definition) is 0. The van der Waals surface area contributed by atoms with Crippen molar-refractivity contribution in [2.75, 3.05) is 99.7 Å². The van der Waals surface area contributed by atoms with Gasteiger partial charge in [-0.25, -0.2) is 0 Å². The summed E-state index contributed by atoms with van der Waals surface area (Å²) >= 11 is 0. The Morgan fingerprint density at radius 1 is 0.280 bits per heavy atom. The molecule has 6 aliphatic heterocycles. The summed E-state index contributed by atoms with van der Waals surface area (Å²) in [4.78, 5) is 0. The van der Waals surface area contributed by atoms with Gasteiger partial charge in [0.25, 0.3) is 8.38 Å². The highest BCUT2D eigenvalue weighted by Crippen LogP contribution is 2.61. The molecule has 6 aromatic carbocycles. The van der Waals surface area contributed by atoms with Gasteiger partial charge >= 0.3 is 51.6 Å². The van der Waals surface area contributed by atoms with Crippen molar-refractivity contribution in [3.63, 3.8) is 0 Å². The fraction of sp³-hybridized carbons (Fsp3) is 0.707. The van der Waals surface area contributed by atoms with Crippen LogP contribution in [0.15, 0.2) is 84.9 Å². The molecule has 20 nitrogen and oxygen atoms in total. The summed E-state index contributed by atoms with van der Waals surface area (Å²) in [5, 5.41) is 0. The van der Waals surface area contributed by atoms with Gasteiger partial charge in [0.05, 0.1) is 102 Å². The van der Waals surface area contributed by atoms with Crippen molar-refractivity contribution in [1.82, 2.24) is 0 Å². The Hall–Kier alpha value is -3.43. The molecule has 848 valence electrons. The van der Waals surface area contributed by atoms with Crippen molar-refractivity contribution < 1.29 is 90.5 Å². The smallest absolute Gasteiger partial charge is 0.397 e. The molecule has 6 heterocycles. The molecule has 0 saturated carbocycles. The van der Waals surface area contributed by atoms with E-state index in [-0.39, 0.29) is 70.4 Å². The lowest BCUT2D eigenvalue weighted by Gasteiger charge is -2.42. The van der Waals surface area contributed by atoms with E-state index >= 15 is 0 Å². The molecule has 0 bridgehead atoms. The average molecular weight is 2220 g/mol. The molecule has 27 heteroatoms. The molecule has 0 atom stereocenters. The van der Waals surface area contributed by atoms with Gasteiger partial charge in [-0.3, -0.25) is 0 Å². The molecule has 12 rings (SSSR count). The third kappa shape index (κ3) is 40.4. The topological polar surface area (TPSA) is 185 Å². The van der Waals surface area contributed by atoms with Crippen LogP contribution >= 0.6 is 60.0 Å². The normalized spacial score (nSPS) is 21.9. The van der Waals surface area contributed by atoms with E-state index in [1.165, 1.54) is 174 Å². The van der Waals surface area contributed by atoms with E-state index in [4.69, 9.17) is 90.5 Å². The summed E-state index contributed by atoms with van der Waals surface area (Å²) in [6.45, 7) is 95.5. The summed E-state index contributed by atoms with van der Waals surface area (Å²) in [5.74, 6) is 6.42. The summed E-state index contributed by atoms with van der Waals surface area (Å²) in [7, 11) is -8.09. The van der Waals surface area contributed by atoms with Crippen LogP contribution < -0.4 is 27.1 Å². The van der Waals surface area contributed by atoms with Gasteiger partial charge in [-0.1, -0.05) is 423 Å². The summed E-state index contributed by atoms with van der Waals surface area (Å²) in [6.07, 6.45) is 23.9. The Morgan fingerprint density at radius 2 is 0.533 bits per heavy atom. The van der Waals surface area contributed by atoms with E-state index in [9.17, 15) is 0 Å². The van der Waals surface area contributed by atoms with Crippen LogP contribution in [0.3, 0.4) is 0 Å². The fourth-order valence-electron chi connectivity index (χ4n) is 18.3. The third-order valence-electron chi connectivity index (χ3n) is 27.9. The lowest BCUT2D eigenvalue weighted by atomic mass is 9.78. The Morgan fingerprint density at radius 3 is 0.813 bits per heavy atom. The lowest BCUT2D eigenvalue weighted by molar-refractivity contribution is -0.0746. The highest BCUT2D eigenvalue weighted by atomic mass is 31.2. The van der Waals surface area contributed by atoms with Crippen molar-refractivity contribution in [3.05, 3.63) is 174 Å². The molecule has 0 unspecified atom stereocenters. The molecule has 150 heavy (non-hydrogen) atoms. The van der Waals surface area contributed by atoms with Gasteiger partial charge in [-0.05, 0) is 170 Å². The standard InChI is InChI=1S/C35H54O6P2.C33H50O6P2.C31H49O2P.C24H48O6P2/c1-23(2)13-27-15-25(5)16-28(14-24(3)4)31(27)40-42-36-19-35(20-37-42)21-38-43(39-22-35)41-32-29(33(7,8)9)17-26(6)18-30(32)34(10,11)12;1-29(2,3)23-13-15-27(25(17-23)31(7,8)9)38-40-34-19-33(20-35-40)21-36-41(37-22-33)39-28-16-14-24(30(4,5)6)18-26(28)32(10,11)12;1-20-16-22(28(3,4)5)18-24(30(9,10)11)26(20)32-34(15)33-27-21(2)17-23(29(6,7)8)19-25(27)31(12,13)14;1-3-4-5-6-7-8-9-10-11-12-13-14-15-16-17-18-19-26-32-29-22-24(23-30-32)20-27-31(25-2)28-21-24/h15-18,23-24H,13-14,19-22H2,1-12H3;13-18H,19-22H2,1-12H3;16-19H,1-15H3;3-23H2,1-2H3. The van der Waals surface area contributed by atoms with Crippen molar-refractivity contribution in [2.24, 2.45) is 28.1 Å². The lowest BCUT2D eigenvalue weighted by Crippen LogP contribution is -2.45. The molecule has 6 aromatic rings. The van der Waals surface area contributed by atoms with Gasteiger partial charge in [0.15, 0.2) is 0 Å². The molecule has 3 spiro atoms. The Kier molecular flexibility index (Phi) is 48.7. The van der Waals surface area contributed by atoms with Crippen LogP contribution in [0.4, 0.5) is 0 Å². The first kappa shape index (κ1) is 130. The van der Waals surface area contributed by atoms with Crippen molar-refractivity contribution in [2.45, 2.75) is 440 Å². The first-order valence-electron chi connectivity index (χ1n) is 55.9. The average Bonchev–Trinajstić information content (AvgIpc) is 0.769. The second-order valence-corrected chi connectivity index (χ2v) is 62.9. The minimum Gasteiger partial charge on any atom is -0.438 e. The molecule has 6 aliphatic rings. The van der Waals surface area contributed by atoms with Crippen LogP contribution in [0, 0.1) is 55.8 Å². The van der Waals surface area contributed by atoms with E-state index in [1.54, 1.807) is 7.11 Å². The number of hydrogen-bond acceptors (Lipinski definition) is 20. The van der Waals surface area contributed by atoms with Crippen molar-refractivity contribution in [3.8, 4) is 34.5 Å². The zero-order valence-corrected chi connectivity index (χ0v) is 107. The van der Waals surface area contributed by atoms with E-state index in [1.807, 2.05) is 0 Å². The molecule has 0 radical (unpaired) electrons. The first-order chi connectivity index (χ1) is 69.6. The quantitative estimate of drug-likeness (QED) is 0.0270. The Balaban J connectivity index is 0.000000224. The first-order valence-corrected chi connectivity index (χ1v) is 64.1. The number of unbranched alkanes of at least 4 members (excludes halogenated alkanes) is 15. The van der Waals surface area contributed by atoms with Crippen LogP contribution in [0.1, 0.15) is 434 Å². The number of rotatable bonds is 35. The number of benzene rings is 6. The maximum Gasteiger partial charge on any atom is 0.397 e. The Bertz CT molecular complexity index is 4860. The molecule has 0 amide bonds. The van der Waals surface area contributed by atoms with Gasteiger partial charge < -0.3 is 90.5 Å². The second kappa shape index (κ2) is 56.2. The van der Waals surface area contributed by atoms with Crippen molar-refractivity contribution >= 4 is 60.0 Å². The molecule has 0 aromatic heterocycles. The van der Waals surface area contributed by atoms with E-state index in [2.05, 4.69) is 362 Å². The predicted molar refractivity (Wildman–Crippen MR) is 631 cm³/mol. The van der Waals surface area contributed by atoms with Crippen LogP contribution in [0.5, 0.6) is 34.5 Å². The molecule has 6 saturated heterocycles. The highest BCUT2D eigenvalue weighted by molar-refractivity contribution is 7.47. The molecular weight excluding hydrogens is 2010 g/mol. The summed E-state index contributed by atoms with van der Waals surface area (Å²) in [6, 6.07) is 31.0. The van der Waals surface area contributed by atoms with E-state index in [0.29, 0.717) is 91.1 Å². The molecule has 6 fully saturated rings. The maximum atomic E-state index is 6.64. The van der Waals surface area contributed by atoms with Crippen molar-refractivity contribution in [1.29, 1.82) is 0 Å². The predicted octanol–water partition coefficient (Wildman–Crippen LogP) is 38.5. The maximum absolute atomic E-state index is 6.64. The third-order valence-corrected chi connectivity index (χ3v) is 34.9. The second-order valence-electron chi connectivity index (χ2n) is 54.5. The largest absolute Gasteiger partial charge is 0.438 e. The zero-order chi connectivity index (χ0) is 111. The van der Waals surface area contributed by atoms with Crippen LogP contribution in [0.25, 0.3) is 0 Å². The Labute approximate surface area is 920 Å². The van der Waals surface area contributed by atoms with Gasteiger partial charge in [-0.15, -0.1) is 0 Å². The zero-order valence-electron chi connectivity index (χ0n) is 101. The van der Waals surface area contributed by atoms with E-state index < -0.39 is 60.0 Å². The minimum atomic E-state index is -1.55. The summed E-state index contributed by atoms with van der Waals surface area (Å²) in [5.41, 5.74) is 18.6. The molecule has 0 aliphatic carbocycles.